The highest BCUT2D eigenvalue weighted by molar-refractivity contribution is 5.81. The lowest BCUT2D eigenvalue weighted by atomic mass is 10.0. The molecule has 0 heterocycles. The second-order valence-corrected chi connectivity index (χ2v) is 4.30. The van der Waals surface area contributed by atoms with E-state index in [2.05, 4.69) is 18.9 Å². The highest BCUT2D eigenvalue weighted by atomic mass is 16.5. The van der Waals surface area contributed by atoms with Crippen LogP contribution in [0.25, 0.3) is 5.57 Å². The van der Waals surface area contributed by atoms with Crippen LogP contribution in [0.2, 0.25) is 0 Å². The molecule has 2 rings (SSSR count). The quantitative estimate of drug-likeness (QED) is 0.542. The van der Waals surface area contributed by atoms with E-state index in [4.69, 9.17) is 9.47 Å². The number of para-hydroxylation sites is 1. The minimum absolute atomic E-state index is 0.434. The standard InChI is InChI=1S/C19H18O2/c1-3-14-20-18-12-7-5-6-10-16(18)17-11-8-9-13-19(17)21-15-4-2/h3-11,13H,1-2,14-15H2. The van der Waals surface area contributed by atoms with Gasteiger partial charge in [0, 0.05) is 11.1 Å². The molecule has 0 aromatic heterocycles. The third kappa shape index (κ3) is 3.88. The topological polar surface area (TPSA) is 18.5 Å². The van der Waals surface area contributed by atoms with E-state index in [1.54, 1.807) is 12.2 Å². The molecular weight excluding hydrogens is 260 g/mol. The zero-order valence-corrected chi connectivity index (χ0v) is 11.9. The maximum atomic E-state index is 5.72. The average Bonchev–Trinajstić information content (AvgIpc) is 2.76. The molecule has 1 aliphatic rings. The Kier molecular flexibility index (Phi) is 5.45. The second-order valence-electron chi connectivity index (χ2n) is 4.30. The number of rotatable bonds is 7. The van der Waals surface area contributed by atoms with Gasteiger partial charge in [0.15, 0.2) is 5.76 Å². The molecule has 1 aliphatic carbocycles. The third-order valence-electron chi connectivity index (χ3n) is 2.81. The van der Waals surface area contributed by atoms with E-state index in [1.165, 1.54) is 0 Å². The first-order chi connectivity index (χ1) is 10.4. The molecule has 1 aromatic carbocycles. The number of ether oxygens (including phenoxy) is 2. The summed E-state index contributed by atoms with van der Waals surface area (Å²) in [5.41, 5.74) is 5.03. The maximum Gasteiger partial charge on any atom is 0.170 e. The lowest BCUT2D eigenvalue weighted by molar-refractivity contribution is 0.266. The second kappa shape index (κ2) is 7.78. The SMILES string of the molecule is C=CCOC1=C=CC=CC=C1c1ccccc1OCC=C. The van der Waals surface area contributed by atoms with Crippen LogP contribution in [-0.4, -0.2) is 13.2 Å². The van der Waals surface area contributed by atoms with Crippen molar-refractivity contribution in [1.29, 1.82) is 0 Å². The first-order valence-corrected chi connectivity index (χ1v) is 6.77. The molecule has 0 atom stereocenters. The van der Waals surface area contributed by atoms with E-state index in [1.807, 2.05) is 48.6 Å². The minimum atomic E-state index is 0.434. The lowest BCUT2D eigenvalue weighted by Gasteiger charge is -2.14. The average molecular weight is 278 g/mol. The summed E-state index contributed by atoms with van der Waals surface area (Å²) in [5.74, 6) is 1.47. The van der Waals surface area contributed by atoms with Crippen molar-refractivity contribution in [3.63, 3.8) is 0 Å². The fraction of sp³-hybridized carbons (Fsp3) is 0.105. The van der Waals surface area contributed by atoms with Gasteiger partial charge in [-0.25, -0.2) is 0 Å². The van der Waals surface area contributed by atoms with E-state index in [9.17, 15) is 0 Å². The minimum Gasteiger partial charge on any atom is -0.489 e. The monoisotopic (exact) mass is 278 g/mol. The molecule has 0 aliphatic heterocycles. The zero-order valence-electron chi connectivity index (χ0n) is 11.9. The Labute approximate surface area is 125 Å². The van der Waals surface area contributed by atoms with Gasteiger partial charge in [-0.1, -0.05) is 61.4 Å². The Morgan fingerprint density at radius 3 is 2.57 bits per heavy atom. The highest BCUT2D eigenvalue weighted by Gasteiger charge is 2.14. The van der Waals surface area contributed by atoms with E-state index in [0.29, 0.717) is 19.0 Å². The van der Waals surface area contributed by atoms with E-state index < -0.39 is 0 Å². The molecule has 1 aromatic rings. The summed E-state index contributed by atoms with van der Waals surface area (Å²) in [5, 5.41) is 0. The first kappa shape index (κ1) is 14.7. The van der Waals surface area contributed by atoms with E-state index in [-0.39, 0.29) is 0 Å². The van der Waals surface area contributed by atoms with Crippen molar-refractivity contribution in [2.24, 2.45) is 0 Å². The van der Waals surface area contributed by atoms with Crippen molar-refractivity contribution < 1.29 is 9.47 Å². The Balaban J connectivity index is 2.40. The van der Waals surface area contributed by atoms with Crippen LogP contribution < -0.4 is 4.74 Å². The van der Waals surface area contributed by atoms with Crippen LogP contribution >= 0.6 is 0 Å². The number of hydrogen-bond donors (Lipinski definition) is 0. The van der Waals surface area contributed by atoms with Crippen LogP contribution in [0.3, 0.4) is 0 Å². The lowest BCUT2D eigenvalue weighted by Crippen LogP contribution is -2.00. The predicted octanol–water partition coefficient (Wildman–Crippen LogP) is 4.45. The molecule has 0 amide bonds. The molecule has 2 nitrogen and oxygen atoms in total. The smallest absolute Gasteiger partial charge is 0.170 e. The first-order valence-electron chi connectivity index (χ1n) is 6.77. The number of hydrogen-bond acceptors (Lipinski definition) is 2. The van der Waals surface area contributed by atoms with Gasteiger partial charge in [0.25, 0.3) is 0 Å². The van der Waals surface area contributed by atoms with Gasteiger partial charge in [0.2, 0.25) is 0 Å². The van der Waals surface area contributed by atoms with Crippen molar-refractivity contribution in [1.82, 2.24) is 0 Å². The molecule has 0 bridgehead atoms. The molecule has 106 valence electrons. The van der Waals surface area contributed by atoms with Crippen LogP contribution in [0, 0.1) is 0 Å². The zero-order chi connectivity index (χ0) is 14.9. The Bertz CT molecular complexity index is 641. The summed E-state index contributed by atoms with van der Waals surface area (Å²) >= 11 is 0. The molecular formula is C19H18O2. The number of allylic oxidation sites excluding steroid dienone is 4. The Morgan fingerprint density at radius 2 is 1.76 bits per heavy atom. The molecule has 0 saturated carbocycles. The van der Waals surface area contributed by atoms with Gasteiger partial charge in [0.05, 0.1) is 0 Å². The van der Waals surface area contributed by atoms with E-state index in [0.717, 1.165) is 16.9 Å². The number of benzene rings is 1. The van der Waals surface area contributed by atoms with Gasteiger partial charge >= 0.3 is 0 Å². The molecule has 2 heteroatoms. The summed E-state index contributed by atoms with van der Waals surface area (Å²) in [6.07, 6.45) is 11.1. The highest BCUT2D eigenvalue weighted by Crippen LogP contribution is 2.32. The maximum absolute atomic E-state index is 5.72. The molecule has 0 unspecified atom stereocenters. The van der Waals surface area contributed by atoms with Gasteiger partial charge < -0.3 is 9.47 Å². The molecule has 21 heavy (non-hydrogen) atoms. The van der Waals surface area contributed by atoms with Crippen LogP contribution in [0.4, 0.5) is 0 Å². The van der Waals surface area contributed by atoms with Gasteiger partial charge in [0.1, 0.15) is 19.0 Å². The van der Waals surface area contributed by atoms with Crippen molar-refractivity contribution >= 4 is 5.57 Å². The molecule has 0 spiro atoms. The van der Waals surface area contributed by atoms with Crippen molar-refractivity contribution in [2.45, 2.75) is 0 Å². The molecule has 0 saturated heterocycles. The third-order valence-corrected chi connectivity index (χ3v) is 2.81. The molecule has 0 fully saturated rings. The van der Waals surface area contributed by atoms with Crippen molar-refractivity contribution in [2.75, 3.05) is 13.2 Å². The van der Waals surface area contributed by atoms with Gasteiger partial charge in [-0.3, -0.25) is 0 Å². The van der Waals surface area contributed by atoms with Crippen molar-refractivity contribution in [3.05, 3.63) is 90.9 Å². The summed E-state index contributed by atoms with van der Waals surface area (Å²) in [7, 11) is 0. The fourth-order valence-corrected chi connectivity index (χ4v) is 1.92. The Morgan fingerprint density at radius 1 is 1.00 bits per heavy atom. The van der Waals surface area contributed by atoms with Crippen LogP contribution in [-0.2, 0) is 4.74 Å². The fourth-order valence-electron chi connectivity index (χ4n) is 1.92. The van der Waals surface area contributed by atoms with Crippen LogP contribution in [0.15, 0.2) is 85.4 Å². The van der Waals surface area contributed by atoms with E-state index >= 15 is 0 Å². The summed E-state index contributed by atoms with van der Waals surface area (Å²) in [4.78, 5) is 0. The van der Waals surface area contributed by atoms with Gasteiger partial charge in [-0.2, -0.15) is 0 Å². The summed E-state index contributed by atoms with van der Waals surface area (Å²) < 4.78 is 11.4. The van der Waals surface area contributed by atoms with Crippen molar-refractivity contribution in [3.8, 4) is 5.75 Å². The van der Waals surface area contributed by atoms with Gasteiger partial charge in [-0.05, 0) is 18.2 Å². The predicted molar refractivity (Wildman–Crippen MR) is 87.0 cm³/mol. The van der Waals surface area contributed by atoms with Crippen LogP contribution in [0.1, 0.15) is 5.56 Å². The Hall–Kier alpha value is -2.70. The largest absolute Gasteiger partial charge is 0.489 e. The molecule has 0 radical (unpaired) electrons. The van der Waals surface area contributed by atoms with Crippen LogP contribution in [0.5, 0.6) is 5.75 Å². The normalized spacial score (nSPS) is 13.0. The molecule has 0 N–H and O–H groups in total. The van der Waals surface area contributed by atoms with Gasteiger partial charge in [-0.15, -0.1) is 0 Å². The summed E-state index contributed by atoms with van der Waals surface area (Å²) in [6, 6.07) is 7.85. The summed E-state index contributed by atoms with van der Waals surface area (Å²) in [6.45, 7) is 8.25.